The summed E-state index contributed by atoms with van der Waals surface area (Å²) in [5.74, 6) is -0.353. The minimum absolute atomic E-state index is 0.292. The van der Waals surface area contributed by atoms with Crippen LogP contribution >= 0.6 is 0 Å². The molecule has 0 spiro atoms. The summed E-state index contributed by atoms with van der Waals surface area (Å²) in [6.07, 6.45) is 5.02. The van der Waals surface area contributed by atoms with Gasteiger partial charge in [-0.1, -0.05) is 12.8 Å². The number of hydrogen-bond acceptors (Lipinski definition) is 4. The predicted molar refractivity (Wildman–Crippen MR) is 53.8 cm³/mol. The Morgan fingerprint density at radius 3 is 2.47 bits per heavy atom. The van der Waals surface area contributed by atoms with Crippen LogP contribution in [0.25, 0.3) is 0 Å². The highest BCUT2D eigenvalue weighted by atomic mass is 16.2. The number of aliphatic imine (C=N–C) groups is 1. The number of urea groups is 1. The molecule has 0 aromatic rings. The quantitative estimate of drug-likeness (QED) is 0.365. The Morgan fingerprint density at radius 2 is 1.87 bits per heavy atom. The summed E-state index contributed by atoms with van der Waals surface area (Å²) in [6.45, 7) is 0.483. The molecule has 15 heavy (non-hydrogen) atoms. The van der Waals surface area contributed by atoms with Gasteiger partial charge < -0.3 is 5.73 Å². The predicted octanol–water partition coefficient (Wildman–Crippen LogP) is 0.468. The third-order valence-electron chi connectivity index (χ3n) is 1.75. The molecule has 6 heteroatoms. The van der Waals surface area contributed by atoms with Gasteiger partial charge in [0.25, 0.3) is 0 Å². The average Bonchev–Trinajstić information content (AvgIpc) is 2.15. The zero-order chi connectivity index (χ0) is 11.5. The van der Waals surface area contributed by atoms with Gasteiger partial charge in [0.15, 0.2) is 0 Å². The number of imide groups is 1. The molecule has 0 radical (unpaired) electrons. The lowest BCUT2D eigenvalue weighted by Crippen LogP contribution is -2.34. The largest absolute Gasteiger partial charge is 0.351 e. The van der Waals surface area contributed by atoms with Crippen molar-refractivity contribution in [1.82, 2.24) is 5.32 Å². The number of carbonyl (C=O) groups is 2. The molecular formula is C9H15N3O3. The minimum Gasteiger partial charge on any atom is -0.351 e. The zero-order valence-corrected chi connectivity index (χ0v) is 8.49. The van der Waals surface area contributed by atoms with Crippen molar-refractivity contribution in [3.63, 3.8) is 0 Å². The molecule has 0 saturated carbocycles. The average molecular weight is 213 g/mol. The summed E-state index contributed by atoms with van der Waals surface area (Å²) in [7, 11) is 0. The van der Waals surface area contributed by atoms with Gasteiger partial charge in [0.2, 0.25) is 12.0 Å². The first kappa shape index (κ1) is 13.3. The molecular weight excluding hydrogens is 198 g/mol. The zero-order valence-electron chi connectivity index (χ0n) is 8.49. The summed E-state index contributed by atoms with van der Waals surface area (Å²) < 4.78 is 0. The highest BCUT2D eigenvalue weighted by Crippen LogP contribution is 2.02. The Morgan fingerprint density at radius 1 is 1.20 bits per heavy atom. The number of nitrogens with one attached hydrogen (secondary N) is 1. The molecule has 0 aromatic carbocycles. The summed E-state index contributed by atoms with van der Waals surface area (Å²) in [5, 5.41) is 1.98. The first-order valence-corrected chi connectivity index (χ1v) is 4.79. The van der Waals surface area contributed by atoms with Crippen molar-refractivity contribution in [2.24, 2.45) is 10.7 Å². The van der Waals surface area contributed by atoms with E-state index in [-0.39, 0.29) is 5.91 Å². The normalized spacial score (nSPS) is 9.07. The van der Waals surface area contributed by atoms with E-state index < -0.39 is 6.03 Å². The molecule has 84 valence electrons. The summed E-state index contributed by atoms with van der Waals surface area (Å²) in [5.41, 5.74) is 4.76. The van der Waals surface area contributed by atoms with E-state index in [9.17, 15) is 14.4 Å². The van der Waals surface area contributed by atoms with E-state index in [2.05, 4.69) is 4.99 Å². The van der Waals surface area contributed by atoms with E-state index in [0.29, 0.717) is 19.4 Å². The van der Waals surface area contributed by atoms with Gasteiger partial charge >= 0.3 is 6.03 Å². The van der Waals surface area contributed by atoms with E-state index >= 15 is 0 Å². The number of unbranched alkanes of at least 4 members (excludes halogenated alkanes) is 3. The monoisotopic (exact) mass is 213 g/mol. The smallest absolute Gasteiger partial charge is 0.318 e. The molecule has 0 saturated heterocycles. The van der Waals surface area contributed by atoms with Crippen molar-refractivity contribution in [3.8, 4) is 0 Å². The van der Waals surface area contributed by atoms with Gasteiger partial charge in [-0.05, 0) is 12.8 Å². The third kappa shape index (κ3) is 10.2. The van der Waals surface area contributed by atoms with Gasteiger partial charge in [-0.25, -0.2) is 14.6 Å². The van der Waals surface area contributed by atoms with Gasteiger partial charge in [-0.15, -0.1) is 0 Å². The lowest BCUT2D eigenvalue weighted by atomic mass is 10.1. The van der Waals surface area contributed by atoms with Gasteiger partial charge in [0, 0.05) is 6.42 Å². The van der Waals surface area contributed by atoms with Crippen LogP contribution < -0.4 is 11.1 Å². The SMILES string of the molecule is NC(=O)NC(=O)CCCCCCN=C=O. The molecule has 0 unspecified atom stereocenters. The van der Waals surface area contributed by atoms with Crippen LogP contribution in [-0.4, -0.2) is 24.6 Å². The lowest BCUT2D eigenvalue weighted by molar-refractivity contribution is -0.120. The highest BCUT2D eigenvalue weighted by Gasteiger charge is 2.02. The fourth-order valence-electron chi connectivity index (χ4n) is 1.08. The first-order chi connectivity index (χ1) is 7.16. The summed E-state index contributed by atoms with van der Waals surface area (Å²) >= 11 is 0. The Hall–Kier alpha value is -1.68. The maximum atomic E-state index is 10.9. The first-order valence-electron chi connectivity index (χ1n) is 4.79. The molecule has 0 bridgehead atoms. The molecule has 0 fully saturated rings. The van der Waals surface area contributed by atoms with Crippen molar-refractivity contribution in [3.05, 3.63) is 0 Å². The molecule has 0 heterocycles. The van der Waals surface area contributed by atoms with Crippen molar-refractivity contribution in [2.75, 3.05) is 6.54 Å². The number of rotatable bonds is 7. The Bertz CT molecular complexity index is 259. The highest BCUT2D eigenvalue weighted by molar-refractivity contribution is 5.93. The van der Waals surface area contributed by atoms with E-state index in [1.54, 1.807) is 0 Å². The van der Waals surface area contributed by atoms with Crippen LogP contribution in [0.5, 0.6) is 0 Å². The van der Waals surface area contributed by atoms with Crippen LogP contribution in [0.1, 0.15) is 32.1 Å². The minimum atomic E-state index is -0.819. The number of carbonyl (C=O) groups excluding carboxylic acids is 3. The van der Waals surface area contributed by atoms with Crippen molar-refractivity contribution in [1.29, 1.82) is 0 Å². The second-order valence-electron chi connectivity index (χ2n) is 3.05. The van der Waals surface area contributed by atoms with Gasteiger partial charge in [-0.2, -0.15) is 0 Å². The fourth-order valence-corrected chi connectivity index (χ4v) is 1.08. The molecule has 0 atom stereocenters. The van der Waals surface area contributed by atoms with Crippen LogP contribution in [0.3, 0.4) is 0 Å². The third-order valence-corrected chi connectivity index (χ3v) is 1.75. The van der Waals surface area contributed by atoms with E-state index in [0.717, 1.165) is 19.3 Å². The molecule has 0 aliphatic carbocycles. The van der Waals surface area contributed by atoms with Gasteiger partial charge in [-0.3, -0.25) is 10.1 Å². The number of nitrogens with zero attached hydrogens (tertiary/aromatic N) is 1. The molecule has 0 aliphatic rings. The van der Waals surface area contributed by atoms with Crippen molar-refractivity contribution >= 4 is 18.0 Å². The van der Waals surface area contributed by atoms with Gasteiger partial charge in [0.05, 0.1) is 6.54 Å². The second kappa shape index (κ2) is 8.90. The van der Waals surface area contributed by atoms with Crippen LogP contribution in [0.2, 0.25) is 0 Å². The molecule has 0 rings (SSSR count). The number of isocyanates is 1. The molecule has 6 nitrogen and oxygen atoms in total. The number of nitrogens with two attached hydrogens (primary N) is 1. The van der Waals surface area contributed by atoms with Crippen molar-refractivity contribution in [2.45, 2.75) is 32.1 Å². The van der Waals surface area contributed by atoms with Crippen LogP contribution in [0, 0.1) is 0 Å². The summed E-state index contributed by atoms with van der Waals surface area (Å²) in [6, 6.07) is -0.819. The number of primary amides is 1. The Labute approximate surface area is 87.9 Å². The molecule has 0 aromatic heterocycles. The van der Waals surface area contributed by atoms with E-state index in [1.165, 1.54) is 6.08 Å². The standard InChI is InChI=1S/C9H15N3O3/c10-9(15)12-8(14)5-3-1-2-4-6-11-7-13/h1-6H2,(H3,10,12,14,15). The van der Waals surface area contributed by atoms with E-state index in [1.807, 2.05) is 5.32 Å². The van der Waals surface area contributed by atoms with Gasteiger partial charge in [0.1, 0.15) is 0 Å². The molecule has 3 amide bonds. The Balaban J connectivity index is 3.27. The fraction of sp³-hybridized carbons (Fsp3) is 0.667. The molecule has 0 aliphatic heterocycles. The van der Waals surface area contributed by atoms with Crippen molar-refractivity contribution < 1.29 is 14.4 Å². The maximum absolute atomic E-state index is 10.9. The van der Waals surface area contributed by atoms with Crippen LogP contribution in [0.4, 0.5) is 4.79 Å². The lowest BCUT2D eigenvalue weighted by Gasteiger charge is -2.00. The topological polar surface area (TPSA) is 102 Å². The van der Waals surface area contributed by atoms with Crippen LogP contribution in [0.15, 0.2) is 4.99 Å². The second-order valence-corrected chi connectivity index (χ2v) is 3.05. The van der Waals surface area contributed by atoms with Crippen LogP contribution in [-0.2, 0) is 9.59 Å². The maximum Gasteiger partial charge on any atom is 0.318 e. The summed E-state index contributed by atoms with van der Waals surface area (Å²) in [4.78, 5) is 34.3. The number of amides is 3. The Kier molecular flexibility index (Phi) is 7.90. The molecule has 3 N–H and O–H groups in total. The van der Waals surface area contributed by atoms with E-state index in [4.69, 9.17) is 5.73 Å². The number of hydrogen-bond donors (Lipinski definition) is 2.